The van der Waals surface area contributed by atoms with Crippen molar-refractivity contribution in [3.8, 4) is 5.75 Å². The molecule has 0 aromatic heterocycles. The average Bonchev–Trinajstić information content (AvgIpc) is 2.55. The number of Topliss-reactive ketones (excluding diaryl/α,β-unsaturated/α-hetero) is 1. The lowest BCUT2D eigenvalue weighted by Crippen LogP contribution is -2.09. The predicted molar refractivity (Wildman–Crippen MR) is 63.0 cm³/mol. The third-order valence-corrected chi connectivity index (χ3v) is 2.96. The van der Waals surface area contributed by atoms with Crippen molar-refractivity contribution in [3.63, 3.8) is 0 Å². The highest BCUT2D eigenvalue weighted by atomic mass is 79.9. The quantitative estimate of drug-likeness (QED) is 0.609. The van der Waals surface area contributed by atoms with E-state index >= 15 is 0 Å². The minimum absolute atomic E-state index is 0.123. The molecule has 1 heterocycles. The highest BCUT2D eigenvalue weighted by Crippen LogP contribution is 2.29. The minimum Gasteiger partial charge on any atom is -0.490 e. The van der Waals surface area contributed by atoms with Gasteiger partial charge in [-0.2, -0.15) is 0 Å². The van der Waals surface area contributed by atoms with Crippen molar-refractivity contribution >= 4 is 21.7 Å². The number of hydrogen-bond donors (Lipinski definition) is 0. The zero-order valence-electron chi connectivity index (χ0n) is 8.79. The van der Waals surface area contributed by atoms with Crippen molar-refractivity contribution in [2.24, 2.45) is 0 Å². The smallest absolute Gasteiger partial charge is 0.176 e. The third-order valence-electron chi connectivity index (χ3n) is 2.54. The fraction of sp³-hybridized carbons (Fsp3) is 0.417. The highest BCUT2D eigenvalue weighted by Gasteiger charge is 2.21. The van der Waals surface area contributed by atoms with Crippen molar-refractivity contribution in [1.82, 2.24) is 0 Å². The second-order valence-corrected chi connectivity index (χ2v) is 5.31. The summed E-state index contributed by atoms with van der Waals surface area (Å²) in [5.41, 5.74) is 1.90. The molecule has 2 unspecified atom stereocenters. The molecular weight excluding hydrogens is 256 g/mol. The molecule has 2 nitrogen and oxygen atoms in total. The van der Waals surface area contributed by atoms with E-state index in [1.807, 2.05) is 32.0 Å². The fourth-order valence-corrected chi connectivity index (χ4v) is 2.07. The van der Waals surface area contributed by atoms with Gasteiger partial charge in [0.2, 0.25) is 0 Å². The Morgan fingerprint density at radius 1 is 1.60 bits per heavy atom. The number of benzene rings is 1. The van der Waals surface area contributed by atoms with Gasteiger partial charge in [0, 0.05) is 12.0 Å². The molecule has 2 atom stereocenters. The van der Waals surface area contributed by atoms with Crippen molar-refractivity contribution < 1.29 is 9.53 Å². The third kappa shape index (κ3) is 2.07. The van der Waals surface area contributed by atoms with E-state index in [-0.39, 0.29) is 16.7 Å². The molecule has 0 N–H and O–H groups in total. The second-order valence-electron chi connectivity index (χ2n) is 3.94. The molecule has 0 saturated carbocycles. The van der Waals surface area contributed by atoms with Crippen LogP contribution in [0.3, 0.4) is 0 Å². The number of rotatable bonds is 2. The fourth-order valence-electron chi connectivity index (χ4n) is 1.80. The van der Waals surface area contributed by atoms with Crippen LogP contribution in [0.25, 0.3) is 0 Å². The molecule has 0 bridgehead atoms. The summed E-state index contributed by atoms with van der Waals surface area (Å²) in [4.78, 5) is 11.6. The largest absolute Gasteiger partial charge is 0.490 e. The molecular formula is C12H13BrO2. The maximum atomic E-state index is 11.7. The predicted octanol–water partition coefficient (Wildman–Crippen LogP) is 2.98. The van der Waals surface area contributed by atoms with Gasteiger partial charge in [-0.3, -0.25) is 4.79 Å². The zero-order valence-corrected chi connectivity index (χ0v) is 10.4. The lowest BCUT2D eigenvalue weighted by Gasteiger charge is -2.05. The van der Waals surface area contributed by atoms with Crippen LogP contribution in [0.4, 0.5) is 0 Å². The molecule has 1 aliphatic heterocycles. The molecule has 15 heavy (non-hydrogen) atoms. The summed E-state index contributed by atoms with van der Waals surface area (Å²) in [5, 5.41) is 0. The molecule has 0 amide bonds. The van der Waals surface area contributed by atoms with E-state index in [4.69, 9.17) is 4.74 Å². The van der Waals surface area contributed by atoms with E-state index in [0.717, 1.165) is 23.3 Å². The number of carbonyl (C=O) groups is 1. The number of ketones is 1. The molecule has 1 aliphatic rings. The lowest BCUT2D eigenvalue weighted by atomic mass is 10.0. The van der Waals surface area contributed by atoms with Crippen LogP contribution in [-0.4, -0.2) is 16.7 Å². The van der Waals surface area contributed by atoms with Crippen LogP contribution in [0.5, 0.6) is 5.75 Å². The number of fused-ring (bicyclic) bond motifs is 1. The first kappa shape index (κ1) is 10.7. The van der Waals surface area contributed by atoms with Gasteiger partial charge in [-0.05, 0) is 37.6 Å². The Labute approximate surface area is 97.8 Å². The van der Waals surface area contributed by atoms with Crippen LogP contribution < -0.4 is 4.74 Å². The number of carbonyl (C=O) groups excluding carboxylic acids is 1. The highest BCUT2D eigenvalue weighted by molar-refractivity contribution is 9.10. The summed E-state index contributed by atoms with van der Waals surface area (Å²) in [6, 6.07) is 5.66. The normalized spacial score (nSPS) is 20.6. The first-order valence-corrected chi connectivity index (χ1v) is 5.97. The van der Waals surface area contributed by atoms with Gasteiger partial charge in [-0.1, -0.05) is 15.9 Å². The van der Waals surface area contributed by atoms with Crippen molar-refractivity contribution in [1.29, 1.82) is 0 Å². The minimum atomic E-state index is -0.129. The Bertz CT molecular complexity index is 399. The van der Waals surface area contributed by atoms with E-state index in [1.54, 1.807) is 0 Å². The molecule has 1 aromatic carbocycles. The van der Waals surface area contributed by atoms with E-state index in [2.05, 4.69) is 15.9 Å². The SMILES string of the molecule is CC1Cc2cc(C(=O)C(C)Br)ccc2O1. The van der Waals surface area contributed by atoms with Crippen molar-refractivity contribution in [2.45, 2.75) is 31.2 Å². The van der Waals surface area contributed by atoms with Crippen molar-refractivity contribution in [2.75, 3.05) is 0 Å². The van der Waals surface area contributed by atoms with Crippen LogP contribution in [0, 0.1) is 0 Å². The number of hydrogen-bond acceptors (Lipinski definition) is 2. The maximum Gasteiger partial charge on any atom is 0.176 e. The Kier molecular flexibility index (Phi) is 2.83. The first-order chi connectivity index (χ1) is 7.08. The zero-order chi connectivity index (χ0) is 11.0. The van der Waals surface area contributed by atoms with Crippen LogP contribution in [0.2, 0.25) is 0 Å². The molecule has 2 rings (SSSR count). The second kappa shape index (κ2) is 3.97. The topological polar surface area (TPSA) is 26.3 Å². The summed E-state index contributed by atoms with van der Waals surface area (Å²) in [7, 11) is 0. The number of halogens is 1. The van der Waals surface area contributed by atoms with Gasteiger partial charge in [-0.25, -0.2) is 0 Å². The number of ether oxygens (including phenoxy) is 1. The van der Waals surface area contributed by atoms with Crippen molar-refractivity contribution in [3.05, 3.63) is 29.3 Å². The van der Waals surface area contributed by atoms with E-state index in [9.17, 15) is 4.79 Å². The van der Waals surface area contributed by atoms with E-state index in [1.165, 1.54) is 0 Å². The summed E-state index contributed by atoms with van der Waals surface area (Å²) in [6.45, 7) is 3.88. The van der Waals surface area contributed by atoms with Crippen LogP contribution in [0.15, 0.2) is 18.2 Å². The molecule has 0 saturated heterocycles. The van der Waals surface area contributed by atoms with Gasteiger partial charge >= 0.3 is 0 Å². The standard InChI is InChI=1S/C12H13BrO2/c1-7-5-10-6-9(12(14)8(2)13)3-4-11(10)15-7/h3-4,6-8H,5H2,1-2H3. The van der Waals surface area contributed by atoms with E-state index < -0.39 is 0 Å². The summed E-state index contributed by atoms with van der Waals surface area (Å²) in [5.74, 6) is 1.04. The van der Waals surface area contributed by atoms with Crippen LogP contribution in [0.1, 0.15) is 29.8 Å². The van der Waals surface area contributed by atoms with Gasteiger partial charge < -0.3 is 4.74 Å². The van der Waals surface area contributed by atoms with Gasteiger partial charge in [0.15, 0.2) is 5.78 Å². The Hall–Kier alpha value is -0.830. The van der Waals surface area contributed by atoms with Gasteiger partial charge in [0.05, 0.1) is 4.83 Å². The van der Waals surface area contributed by atoms with Gasteiger partial charge in [0.25, 0.3) is 0 Å². The first-order valence-electron chi connectivity index (χ1n) is 5.06. The summed E-state index contributed by atoms with van der Waals surface area (Å²) < 4.78 is 5.58. The van der Waals surface area contributed by atoms with Gasteiger partial charge in [-0.15, -0.1) is 0 Å². The molecule has 3 heteroatoms. The Morgan fingerprint density at radius 2 is 2.33 bits per heavy atom. The maximum absolute atomic E-state index is 11.7. The summed E-state index contributed by atoms with van der Waals surface area (Å²) in [6.07, 6.45) is 1.12. The Balaban J connectivity index is 2.31. The molecule has 0 fully saturated rings. The van der Waals surface area contributed by atoms with Crippen LogP contribution >= 0.6 is 15.9 Å². The average molecular weight is 269 g/mol. The molecule has 0 aliphatic carbocycles. The molecule has 80 valence electrons. The Morgan fingerprint density at radius 3 is 3.00 bits per heavy atom. The monoisotopic (exact) mass is 268 g/mol. The van der Waals surface area contributed by atoms with E-state index in [0.29, 0.717) is 0 Å². The molecule has 0 spiro atoms. The molecule has 1 aromatic rings. The lowest BCUT2D eigenvalue weighted by molar-refractivity contribution is 0.0996. The summed E-state index contributed by atoms with van der Waals surface area (Å²) >= 11 is 3.29. The van der Waals surface area contributed by atoms with Crippen LogP contribution in [-0.2, 0) is 6.42 Å². The number of alkyl halides is 1. The molecule has 0 radical (unpaired) electrons. The van der Waals surface area contributed by atoms with Gasteiger partial charge in [0.1, 0.15) is 11.9 Å².